The highest BCUT2D eigenvalue weighted by atomic mass is 19.1. The Kier molecular flexibility index (Phi) is 8.36. The van der Waals surface area contributed by atoms with E-state index in [1.54, 1.807) is 17.0 Å². The Morgan fingerprint density at radius 2 is 2.13 bits per heavy atom. The van der Waals surface area contributed by atoms with Crippen LogP contribution in [0.1, 0.15) is 19.8 Å². The molecule has 1 aliphatic heterocycles. The number of halogens is 1. The molecule has 0 bridgehead atoms. The molecule has 0 aliphatic carbocycles. The summed E-state index contributed by atoms with van der Waals surface area (Å²) in [6, 6.07) is 4.53. The van der Waals surface area contributed by atoms with Crippen molar-refractivity contribution in [3.8, 4) is 0 Å². The number of nitrogens with two attached hydrogens (primary N) is 1. The molecule has 1 atom stereocenters. The zero-order valence-corrected chi connectivity index (χ0v) is 17.1. The number of carbonyl (C=O) groups is 3. The van der Waals surface area contributed by atoms with Gasteiger partial charge in [-0.05, 0) is 25.1 Å². The Morgan fingerprint density at radius 1 is 1.40 bits per heavy atom. The van der Waals surface area contributed by atoms with Gasteiger partial charge in [0.2, 0.25) is 5.91 Å². The third-order valence-electron chi connectivity index (χ3n) is 4.76. The SMILES string of the molecule is CCN(CCNN(C)C(=O)CCC(=O)O)c1ccc(N2C[C@H](CN)OC2=O)cc1F. The van der Waals surface area contributed by atoms with Crippen molar-refractivity contribution in [1.29, 1.82) is 0 Å². The van der Waals surface area contributed by atoms with E-state index in [4.69, 9.17) is 15.6 Å². The first-order valence-electron chi connectivity index (χ1n) is 9.71. The second kappa shape index (κ2) is 10.7. The van der Waals surface area contributed by atoms with E-state index in [1.807, 2.05) is 6.92 Å². The van der Waals surface area contributed by atoms with Crippen LogP contribution in [0.3, 0.4) is 0 Å². The van der Waals surface area contributed by atoms with Gasteiger partial charge in [-0.2, -0.15) is 0 Å². The van der Waals surface area contributed by atoms with Gasteiger partial charge in [-0.15, -0.1) is 0 Å². The quantitative estimate of drug-likeness (QED) is 0.444. The standard InChI is InChI=1S/C19H28FN5O5/c1-3-24(9-8-22-23(2)17(26)6-7-18(27)28)16-5-4-13(10-15(16)20)25-12-14(11-21)30-19(25)29/h4-5,10,14,22H,3,6-9,11-12,21H2,1-2H3,(H,27,28)/t14-/m0/s1. The predicted molar refractivity (Wildman–Crippen MR) is 109 cm³/mol. The van der Waals surface area contributed by atoms with Crippen LogP contribution in [-0.2, 0) is 14.3 Å². The zero-order valence-electron chi connectivity index (χ0n) is 17.1. The maximum absolute atomic E-state index is 14.8. The fourth-order valence-electron chi connectivity index (χ4n) is 3.05. The maximum Gasteiger partial charge on any atom is 0.414 e. The topological polar surface area (TPSA) is 128 Å². The van der Waals surface area contributed by atoms with Crippen molar-refractivity contribution in [3.63, 3.8) is 0 Å². The van der Waals surface area contributed by atoms with Crippen molar-refractivity contribution in [2.24, 2.45) is 5.73 Å². The van der Waals surface area contributed by atoms with Crippen molar-refractivity contribution < 1.29 is 28.6 Å². The summed E-state index contributed by atoms with van der Waals surface area (Å²) in [5.74, 6) is -1.86. The minimum absolute atomic E-state index is 0.101. The lowest BCUT2D eigenvalue weighted by atomic mass is 10.2. The molecule has 11 heteroatoms. The fraction of sp³-hybridized carbons (Fsp3) is 0.526. The number of carboxylic acid groups (broad SMARTS) is 1. The average Bonchev–Trinajstić information content (AvgIpc) is 3.10. The Labute approximate surface area is 174 Å². The number of hydrogen-bond acceptors (Lipinski definition) is 7. The van der Waals surface area contributed by atoms with Crippen LogP contribution >= 0.6 is 0 Å². The van der Waals surface area contributed by atoms with Crippen molar-refractivity contribution in [1.82, 2.24) is 10.4 Å². The van der Waals surface area contributed by atoms with Crippen molar-refractivity contribution >= 4 is 29.3 Å². The first kappa shape index (κ1) is 23.4. The second-order valence-corrected chi connectivity index (χ2v) is 6.82. The number of carbonyl (C=O) groups excluding carboxylic acids is 2. The largest absolute Gasteiger partial charge is 0.481 e. The molecule has 0 aromatic heterocycles. The Morgan fingerprint density at radius 3 is 2.70 bits per heavy atom. The molecule has 2 amide bonds. The van der Waals surface area contributed by atoms with E-state index in [0.29, 0.717) is 31.0 Å². The predicted octanol–water partition coefficient (Wildman–Crippen LogP) is 0.764. The van der Waals surface area contributed by atoms with E-state index in [2.05, 4.69) is 5.43 Å². The molecule has 0 unspecified atom stereocenters. The van der Waals surface area contributed by atoms with Crippen LogP contribution in [0.2, 0.25) is 0 Å². The number of ether oxygens (including phenoxy) is 1. The average molecular weight is 425 g/mol. The van der Waals surface area contributed by atoms with Crippen LogP contribution in [-0.4, -0.2) is 74.0 Å². The maximum atomic E-state index is 14.8. The van der Waals surface area contributed by atoms with Crippen LogP contribution in [0.4, 0.5) is 20.6 Å². The van der Waals surface area contributed by atoms with Crippen molar-refractivity contribution in [2.45, 2.75) is 25.9 Å². The normalized spacial score (nSPS) is 15.8. The molecule has 0 saturated carbocycles. The van der Waals surface area contributed by atoms with Crippen LogP contribution in [0.25, 0.3) is 0 Å². The molecule has 1 saturated heterocycles. The van der Waals surface area contributed by atoms with Crippen LogP contribution < -0.4 is 21.0 Å². The summed E-state index contributed by atoms with van der Waals surface area (Å²) in [5.41, 5.74) is 9.17. The highest BCUT2D eigenvalue weighted by Gasteiger charge is 2.31. The summed E-state index contributed by atoms with van der Waals surface area (Å²) in [5, 5.41) is 9.88. The summed E-state index contributed by atoms with van der Waals surface area (Å²) < 4.78 is 19.8. The lowest BCUT2D eigenvalue weighted by Crippen LogP contribution is -2.43. The molecule has 30 heavy (non-hydrogen) atoms. The molecule has 1 heterocycles. The molecule has 0 radical (unpaired) electrons. The lowest BCUT2D eigenvalue weighted by Gasteiger charge is -2.26. The van der Waals surface area contributed by atoms with Gasteiger partial charge in [0, 0.05) is 39.6 Å². The molecule has 2 rings (SSSR count). The molecule has 1 aliphatic rings. The molecule has 4 N–H and O–H groups in total. The van der Waals surface area contributed by atoms with E-state index in [9.17, 15) is 18.8 Å². The van der Waals surface area contributed by atoms with E-state index >= 15 is 0 Å². The van der Waals surface area contributed by atoms with Gasteiger partial charge in [-0.3, -0.25) is 19.5 Å². The number of nitrogens with zero attached hydrogens (tertiary/aromatic N) is 3. The summed E-state index contributed by atoms with van der Waals surface area (Å²) in [4.78, 5) is 37.4. The number of anilines is 2. The number of hydrazine groups is 1. The van der Waals surface area contributed by atoms with Crippen LogP contribution in [0.15, 0.2) is 18.2 Å². The minimum Gasteiger partial charge on any atom is -0.481 e. The van der Waals surface area contributed by atoms with Gasteiger partial charge in [-0.1, -0.05) is 0 Å². The van der Waals surface area contributed by atoms with Gasteiger partial charge in [0.25, 0.3) is 0 Å². The highest BCUT2D eigenvalue weighted by molar-refractivity contribution is 5.90. The molecule has 1 fully saturated rings. The lowest BCUT2D eigenvalue weighted by molar-refractivity contribution is -0.141. The third-order valence-corrected chi connectivity index (χ3v) is 4.76. The van der Waals surface area contributed by atoms with Gasteiger partial charge in [-0.25, -0.2) is 14.6 Å². The molecule has 1 aromatic carbocycles. The number of likely N-dealkylation sites (N-methyl/N-ethyl adjacent to an activating group) is 1. The molecule has 10 nitrogen and oxygen atoms in total. The summed E-state index contributed by atoms with van der Waals surface area (Å²) in [6.45, 7) is 3.63. The fourth-order valence-corrected chi connectivity index (χ4v) is 3.05. The first-order valence-corrected chi connectivity index (χ1v) is 9.71. The van der Waals surface area contributed by atoms with E-state index in [0.717, 1.165) is 0 Å². The number of benzene rings is 1. The van der Waals surface area contributed by atoms with Crippen molar-refractivity contribution in [3.05, 3.63) is 24.0 Å². The van der Waals surface area contributed by atoms with E-state index < -0.39 is 24.0 Å². The summed E-state index contributed by atoms with van der Waals surface area (Å²) >= 11 is 0. The zero-order chi connectivity index (χ0) is 22.3. The monoisotopic (exact) mass is 425 g/mol. The summed E-state index contributed by atoms with van der Waals surface area (Å²) in [6.07, 6.45) is -1.30. The number of cyclic esters (lactones) is 1. The number of amides is 2. The molecule has 166 valence electrons. The molecule has 0 spiro atoms. The molecular weight excluding hydrogens is 397 g/mol. The minimum atomic E-state index is -1.03. The first-order chi connectivity index (χ1) is 14.3. The van der Waals surface area contributed by atoms with Gasteiger partial charge in [0.05, 0.1) is 24.3 Å². The molecule has 1 aromatic rings. The van der Waals surface area contributed by atoms with Crippen molar-refractivity contribution in [2.75, 3.05) is 49.6 Å². The smallest absolute Gasteiger partial charge is 0.414 e. The number of aliphatic carboxylic acids is 1. The molecular formula is C19H28FN5O5. The number of carboxylic acids is 1. The summed E-state index contributed by atoms with van der Waals surface area (Å²) in [7, 11) is 1.51. The number of rotatable bonds is 11. The van der Waals surface area contributed by atoms with Gasteiger partial charge in [0.15, 0.2) is 0 Å². The Bertz CT molecular complexity index is 778. The van der Waals surface area contributed by atoms with Crippen LogP contribution in [0, 0.1) is 5.82 Å². The van der Waals surface area contributed by atoms with E-state index in [-0.39, 0.29) is 31.8 Å². The Balaban J connectivity index is 1.94. The van der Waals surface area contributed by atoms with Gasteiger partial charge >= 0.3 is 12.1 Å². The number of nitrogens with one attached hydrogen (secondary N) is 1. The highest BCUT2D eigenvalue weighted by Crippen LogP contribution is 2.27. The van der Waals surface area contributed by atoms with Gasteiger partial charge < -0.3 is 20.5 Å². The third kappa shape index (κ3) is 6.04. The second-order valence-electron chi connectivity index (χ2n) is 6.82. The number of hydrogen-bond donors (Lipinski definition) is 3. The Hall–Kier alpha value is -2.92. The van der Waals surface area contributed by atoms with E-state index in [1.165, 1.54) is 23.0 Å². The van der Waals surface area contributed by atoms with Gasteiger partial charge in [0.1, 0.15) is 11.9 Å². The van der Waals surface area contributed by atoms with Crippen LogP contribution in [0.5, 0.6) is 0 Å².